The van der Waals surface area contributed by atoms with Gasteiger partial charge in [0, 0.05) is 5.92 Å². The Labute approximate surface area is 87.7 Å². The molecule has 0 bridgehead atoms. The third-order valence-electron chi connectivity index (χ3n) is 3.16. The second-order valence-corrected chi connectivity index (χ2v) is 4.85. The summed E-state index contributed by atoms with van der Waals surface area (Å²) in [6.45, 7) is 6.34. The van der Waals surface area contributed by atoms with Crippen molar-refractivity contribution < 1.29 is 9.84 Å². The molecule has 1 aliphatic heterocycles. The van der Waals surface area contributed by atoms with Crippen molar-refractivity contribution in [3.8, 4) is 0 Å². The molecule has 0 aromatic carbocycles. The zero-order valence-electron chi connectivity index (χ0n) is 8.65. The maximum Gasteiger partial charge on any atom is 0.129 e. The van der Waals surface area contributed by atoms with E-state index < -0.39 is 5.60 Å². The highest BCUT2D eigenvalue weighted by Crippen LogP contribution is 2.41. The van der Waals surface area contributed by atoms with Crippen LogP contribution in [0.4, 0.5) is 0 Å². The molecule has 1 fully saturated rings. The van der Waals surface area contributed by atoms with Gasteiger partial charge in [0.05, 0.1) is 28.8 Å². The quantitative estimate of drug-likeness (QED) is 0.772. The van der Waals surface area contributed by atoms with Crippen molar-refractivity contribution in [2.75, 3.05) is 6.61 Å². The number of rotatable bonds is 1. The Morgan fingerprint density at radius 1 is 1.64 bits per heavy atom. The topological polar surface area (TPSA) is 42.4 Å². The standard InChI is InChI=1S/C10H15NO2S/c1-6-8(3)13-4-10(6,12)9-7(2)11-5-14-9/h5-6,8,12H,4H2,1-3H3. The predicted molar refractivity (Wildman–Crippen MR) is 55.3 cm³/mol. The van der Waals surface area contributed by atoms with Gasteiger partial charge in [0.15, 0.2) is 0 Å². The number of hydrogen-bond acceptors (Lipinski definition) is 4. The molecule has 3 nitrogen and oxygen atoms in total. The molecule has 0 radical (unpaired) electrons. The van der Waals surface area contributed by atoms with Crippen LogP contribution in [0, 0.1) is 12.8 Å². The van der Waals surface area contributed by atoms with Crippen molar-refractivity contribution in [1.82, 2.24) is 4.98 Å². The van der Waals surface area contributed by atoms with Crippen LogP contribution in [0.2, 0.25) is 0 Å². The number of hydrogen-bond donors (Lipinski definition) is 1. The number of aromatic nitrogens is 1. The van der Waals surface area contributed by atoms with Gasteiger partial charge >= 0.3 is 0 Å². The highest BCUT2D eigenvalue weighted by atomic mass is 32.1. The molecule has 1 saturated heterocycles. The van der Waals surface area contributed by atoms with Gasteiger partial charge in [0.2, 0.25) is 0 Å². The molecule has 4 heteroatoms. The number of aliphatic hydroxyl groups is 1. The van der Waals surface area contributed by atoms with Crippen LogP contribution in [0.5, 0.6) is 0 Å². The molecule has 14 heavy (non-hydrogen) atoms. The van der Waals surface area contributed by atoms with E-state index >= 15 is 0 Å². The van der Waals surface area contributed by atoms with Crippen molar-refractivity contribution in [1.29, 1.82) is 0 Å². The summed E-state index contributed by atoms with van der Waals surface area (Å²) in [5, 5.41) is 10.5. The fraction of sp³-hybridized carbons (Fsp3) is 0.700. The molecule has 78 valence electrons. The Bertz CT molecular complexity index is 339. The molecule has 1 aromatic rings. The van der Waals surface area contributed by atoms with E-state index in [1.807, 2.05) is 20.8 Å². The van der Waals surface area contributed by atoms with Gasteiger partial charge in [0.1, 0.15) is 5.60 Å². The van der Waals surface area contributed by atoms with Gasteiger partial charge in [-0.3, -0.25) is 0 Å². The first-order chi connectivity index (χ1) is 6.55. The number of aryl methyl sites for hydroxylation is 1. The SMILES string of the molecule is Cc1ncsc1C1(O)COC(C)C1C. The van der Waals surface area contributed by atoms with E-state index in [0.717, 1.165) is 10.6 Å². The van der Waals surface area contributed by atoms with Crippen molar-refractivity contribution in [2.45, 2.75) is 32.5 Å². The Morgan fingerprint density at radius 2 is 2.36 bits per heavy atom. The largest absolute Gasteiger partial charge is 0.381 e. The Morgan fingerprint density at radius 3 is 2.79 bits per heavy atom. The molecule has 0 saturated carbocycles. The van der Waals surface area contributed by atoms with Gasteiger partial charge in [-0.1, -0.05) is 6.92 Å². The minimum absolute atomic E-state index is 0.112. The Balaban J connectivity index is 2.38. The summed E-state index contributed by atoms with van der Waals surface area (Å²) < 4.78 is 5.49. The fourth-order valence-electron chi connectivity index (χ4n) is 1.91. The Hall–Kier alpha value is -0.450. The van der Waals surface area contributed by atoms with Gasteiger partial charge in [-0.2, -0.15) is 0 Å². The fourth-order valence-corrected chi connectivity index (χ4v) is 2.90. The summed E-state index contributed by atoms with van der Waals surface area (Å²) in [7, 11) is 0. The lowest BCUT2D eigenvalue weighted by atomic mass is 9.87. The van der Waals surface area contributed by atoms with Crippen molar-refractivity contribution >= 4 is 11.3 Å². The summed E-state index contributed by atoms with van der Waals surface area (Å²) in [5.41, 5.74) is 1.87. The van der Waals surface area contributed by atoms with Crippen LogP contribution in [0.3, 0.4) is 0 Å². The van der Waals surface area contributed by atoms with Crippen molar-refractivity contribution in [2.24, 2.45) is 5.92 Å². The van der Waals surface area contributed by atoms with Gasteiger partial charge < -0.3 is 9.84 Å². The van der Waals surface area contributed by atoms with E-state index in [-0.39, 0.29) is 12.0 Å². The molecule has 3 atom stereocenters. The molecule has 2 heterocycles. The molecular formula is C10H15NO2S. The first-order valence-corrected chi connectivity index (χ1v) is 5.68. The van der Waals surface area contributed by atoms with E-state index in [0.29, 0.717) is 6.61 Å². The van der Waals surface area contributed by atoms with Gasteiger partial charge in [0.25, 0.3) is 0 Å². The third kappa shape index (κ3) is 1.29. The molecule has 0 spiro atoms. The second-order valence-electron chi connectivity index (χ2n) is 4.00. The normalized spacial score (nSPS) is 37.7. The van der Waals surface area contributed by atoms with Crippen LogP contribution in [0.25, 0.3) is 0 Å². The molecule has 0 amide bonds. The Kier molecular flexibility index (Phi) is 2.37. The smallest absolute Gasteiger partial charge is 0.129 e. The maximum absolute atomic E-state index is 10.5. The summed E-state index contributed by atoms with van der Waals surface area (Å²) >= 11 is 1.51. The molecule has 1 aliphatic rings. The summed E-state index contributed by atoms with van der Waals surface area (Å²) in [6.07, 6.45) is 0.112. The minimum atomic E-state index is -0.829. The van der Waals surface area contributed by atoms with Gasteiger partial charge in [-0.25, -0.2) is 4.98 Å². The molecule has 1 N–H and O–H groups in total. The minimum Gasteiger partial charge on any atom is -0.381 e. The molecule has 1 aromatic heterocycles. The number of thiazole rings is 1. The average Bonchev–Trinajstić information content (AvgIpc) is 2.67. The first-order valence-electron chi connectivity index (χ1n) is 4.80. The lowest BCUT2D eigenvalue weighted by molar-refractivity contribution is 0.00342. The van der Waals surface area contributed by atoms with Crippen LogP contribution in [-0.2, 0) is 10.3 Å². The van der Waals surface area contributed by atoms with Crippen LogP contribution in [0.1, 0.15) is 24.4 Å². The highest BCUT2D eigenvalue weighted by molar-refractivity contribution is 7.09. The van der Waals surface area contributed by atoms with E-state index in [1.165, 1.54) is 11.3 Å². The van der Waals surface area contributed by atoms with Crippen molar-refractivity contribution in [3.63, 3.8) is 0 Å². The van der Waals surface area contributed by atoms with Gasteiger partial charge in [-0.05, 0) is 13.8 Å². The third-order valence-corrected chi connectivity index (χ3v) is 4.26. The molecule has 3 unspecified atom stereocenters. The molecular weight excluding hydrogens is 198 g/mol. The first kappa shape index (κ1) is 10.1. The number of ether oxygens (including phenoxy) is 1. The van der Waals surface area contributed by atoms with E-state index in [1.54, 1.807) is 5.51 Å². The highest BCUT2D eigenvalue weighted by Gasteiger charge is 2.47. The van der Waals surface area contributed by atoms with Crippen LogP contribution >= 0.6 is 11.3 Å². The molecule has 0 aliphatic carbocycles. The van der Waals surface area contributed by atoms with Gasteiger partial charge in [-0.15, -0.1) is 11.3 Å². The summed E-state index contributed by atoms with van der Waals surface area (Å²) in [6, 6.07) is 0. The van der Waals surface area contributed by atoms with E-state index in [2.05, 4.69) is 4.98 Å². The second kappa shape index (κ2) is 3.29. The monoisotopic (exact) mass is 213 g/mol. The average molecular weight is 213 g/mol. The van der Waals surface area contributed by atoms with E-state index in [4.69, 9.17) is 4.74 Å². The zero-order valence-corrected chi connectivity index (χ0v) is 9.47. The molecule has 2 rings (SSSR count). The number of nitrogens with zero attached hydrogens (tertiary/aromatic N) is 1. The van der Waals surface area contributed by atoms with E-state index in [9.17, 15) is 5.11 Å². The lowest BCUT2D eigenvalue weighted by Crippen LogP contribution is -2.33. The lowest BCUT2D eigenvalue weighted by Gasteiger charge is -2.25. The summed E-state index contributed by atoms with van der Waals surface area (Å²) in [4.78, 5) is 5.12. The van der Waals surface area contributed by atoms with Crippen LogP contribution in [-0.4, -0.2) is 22.8 Å². The van der Waals surface area contributed by atoms with Crippen LogP contribution in [0.15, 0.2) is 5.51 Å². The predicted octanol–water partition coefficient (Wildman–Crippen LogP) is 1.69. The zero-order chi connectivity index (χ0) is 10.3. The summed E-state index contributed by atoms with van der Waals surface area (Å²) in [5.74, 6) is 0.127. The van der Waals surface area contributed by atoms with Crippen LogP contribution < -0.4 is 0 Å². The maximum atomic E-state index is 10.5. The van der Waals surface area contributed by atoms with Crippen molar-refractivity contribution in [3.05, 3.63) is 16.1 Å².